The monoisotopic (exact) mass is 371 g/mol. The molecule has 1 atom stereocenters. The molecule has 0 N–H and O–H groups in total. The predicted molar refractivity (Wildman–Crippen MR) is 104 cm³/mol. The summed E-state index contributed by atoms with van der Waals surface area (Å²) in [7, 11) is -2.88. The van der Waals surface area contributed by atoms with E-state index in [0.29, 0.717) is 6.42 Å². The van der Waals surface area contributed by atoms with Crippen LogP contribution < -0.4 is 0 Å². The Morgan fingerprint density at radius 1 is 1.19 bits per heavy atom. The van der Waals surface area contributed by atoms with E-state index in [0.717, 1.165) is 38.0 Å². The maximum Gasteiger partial charge on any atom is 0.152 e. The summed E-state index contributed by atoms with van der Waals surface area (Å²) in [5.74, 6) is 0.506. The normalized spacial score (nSPS) is 23.1. The van der Waals surface area contributed by atoms with Gasteiger partial charge in [0.05, 0.1) is 23.7 Å². The summed E-state index contributed by atoms with van der Waals surface area (Å²) >= 11 is 0. The van der Waals surface area contributed by atoms with Gasteiger partial charge in [0, 0.05) is 31.4 Å². The van der Waals surface area contributed by atoms with Crippen LogP contribution in [0.1, 0.15) is 30.0 Å². The molecule has 2 aromatic rings. The van der Waals surface area contributed by atoms with Crippen LogP contribution in [-0.4, -0.2) is 54.2 Å². The van der Waals surface area contributed by atoms with Gasteiger partial charge in [0.15, 0.2) is 9.84 Å². The lowest BCUT2D eigenvalue weighted by molar-refractivity contribution is 0.306. The van der Waals surface area contributed by atoms with Crippen LogP contribution in [0, 0.1) is 0 Å². The molecule has 1 saturated heterocycles. The first-order chi connectivity index (χ1) is 12.6. The Balaban J connectivity index is 1.34. The average Bonchev–Trinajstić information content (AvgIpc) is 3.28. The number of hydrogen-bond acceptors (Lipinski definition) is 4. The molecular formula is C20H25N3O2S. The fourth-order valence-electron chi connectivity index (χ4n) is 3.80. The van der Waals surface area contributed by atoms with Gasteiger partial charge in [0.2, 0.25) is 0 Å². The van der Waals surface area contributed by atoms with Crippen molar-refractivity contribution < 1.29 is 8.42 Å². The third kappa shape index (κ3) is 4.07. The predicted octanol–water partition coefficient (Wildman–Crippen LogP) is 2.57. The van der Waals surface area contributed by atoms with E-state index in [9.17, 15) is 8.42 Å². The van der Waals surface area contributed by atoms with Gasteiger partial charge in [0.1, 0.15) is 0 Å². The zero-order valence-corrected chi connectivity index (χ0v) is 15.7. The Labute approximate surface area is 155 Å². The minimum atomic E-state index is -2.88. The van der Waals surface area contributed by atoms with Crippen molar-refractivity contribution in [3.05, 3.63) is 59.9 Å². The zero-order valence-electron chi connectivity index (χ0n) is 14.9. The van der Waals surface area contributed by atoms with E-state index in [1.54, 1.807) is 0 Å². The van der Waals surface area contributed by atoms with Gasteiger partial charge in [-0.1, -0.05) is 36.4 Å². The number of sulfone groups is 1. The van der Waals surface area contributed by atoms with Crippen LogP contribution in [0.3, 0.4) is 0 Å². The third-order valence-electron chi connectivity index (χ3n) is 5.41. The van der Waals surface area contributed by atoms with Crippen molar-refractivity contribution in [3.8, 4) is 0 Å². The summed E-state index contributed by atoms with van der Waals surface area (Å²) in [4.78, 5) is 2.48. The lowest BCUT2D eigenvalue weighted by Gasteiger charge is -2.26. The second-order valence-corrected chi connectivity index (χ2v) is 9.51. The molecule has 0 aliphatic carbocycles. The minimum Gasteiger partial charge on any atom is -0.299 e. The number of rotatable bonds is 5. The van der Waals surface area contributed by atoms with Crippen LogP contribution >= 0.6 is 0 Å². The minimum absolute atomic E-state index is 0.000288. The van der Waals surface area contributed by atoms with Crippen LogP contribution in [0.25, 0.3) is 5.57 Å². The number of benzene rings is 1. The second-order valence-electron chi connectivity index (χ2n) is 7.28. The van der Waals surface area contributed by atoms with E-state index in [4.69, 9.17) is 0 Å². The first kappa shape index (κ1) is 17.5. The molecule has 2 aliphatic rings. The van der Waals surface area contributed by atoms with Gasteiger partial charge in [-0.3, -0.25) is 9.58 Å². The van der Waals surface area contributed by atoms with Crippen molar-refractivity contribution in [1.29, 1.82) is 0 Å². The molecule has 2 aliphatic heterocycles. The van der Waals surface area contributed by atoms with Gasteiger partial charge in [-0.05, 0) is 30.4 Å². The lowest BCUT2D eigenvalue weighted by Crippen LogP contribution is -2.30. The van der Waals surface area contributed by atoms with Crippen LogP contribution in [0.2, 0.25) is 0 Å². The van der Waals surface area contributed by atoms with Crippen molar-refractivity contribution in [2.45, 2.75) is 25.3 Å². The molecule has 3 heterocycles. The molecule has 4 rings (SSSR count). The van der Waals surface area contributed by atoms with Gasteiger partial charge in [0.25, 0.3) is 0 Å². The summed E-state index contributed by atoms with van der Waals surface area (Å²) in [5, 5.41) is 4.43. The summed E-state index contributed by atoms with van der Waals surface area (Å²) in [6.45, 7) is 3.10. The second kappa shape index (κ2) is 7.37. The van der Waals surface area contributed by atoms with Gasteiger partial charge < -0.3 is 0 Å². The summed E-state index contributed by atoms with van der Waals surface area (Å²) < 4.78 is 25.2. The Bertz CT molecular complexity index is 887. The summed E-state index contributed by atoms with van der Waals surface area (Å²) in [6, 6.07) is 10.6. The van der Waals surface area contributed by atoms with E-state index in [2.05, 4.69) is 46.4 Å². The summed E-state index contributed by atoms with van der Waals surface area (Å²) in [6.07, 6.45) is 8.98. The van der Waals surface area contributed by atoms with Crippen molar-refractivity contribution in [2.75, 3.05) is 31.1 Å². The lowest BCUT2D eigenvalue weighted by atomic mass is 10.0. The first-order valence-corrected chi connectivity index (χ1v) is 11.1. The Morgan fingerprint density at radius 3 is 2.73 bits per heavy atom. The number of hydrogen-bond donors (Lipinski definition) is 0. The van der Waals surface area contributed by atoms with E-state index < -0.39 is 9.84 Å². The SMILES string of the molecule is O=S1(=O)CC[C@H](n2cc(C3=CCN(CCc4ccccc4)CC3)cn2)C1. The molecule has 0 saturated carbocycles. The number of aromatic nitrogens is 2. The van der Waals surface area contributed by atoms with Crippen molar-refractivity contribution in [3.63, 3.8) is 0 Å². The molecule has 1 fully saturated rings. The molecule has 0 spiro atoms. The molecule has 0 amide bonds. The van der Waals surface area contributed by atoms with E-state index in [1.165, 1.54) is 11.1 Å². The number of nitrogens with zero attached hydrogens (tertiary/aromatic N) is 3. The molecular weight excluding hydrogens is 346 g/mol. The van der Waals surface area contributed by atoms with Crippen LogP contribution in [0.5, 0.6) is 0 Å². The molecule has 1 aromatic heterocycles. The van der Waals surface area contributed by atoms with Crippen LogP contribution in [0.15, 0.2) is 48.8 Å². The highest BCUT2D eigenvalue weighted by Gasteiger charge is 2.29. The van der Waals surface area contributed by atoms with E-state index in [1.807, 2.05) is 17.1 Å². The molecule has 1 aromatic carbocycles. The molecule has 0 radical (unpaired) electrons. The highest BCUT2D eigenvalue weighted by molar-refractivity contribution is 7.91. The highest BCUT2D eigenvalue weighted by Crippen LogP contribution is 2.26. The van der Waals surface area contributed by atoms with Gasteiger partial charge in [-0.2, -0.15) is 5.10 Å². The molecule has 26 heavy (non-hydrogen) atoms. The van der Waals surface area contributed by atoms with Crippen molar-refractivity contribution in [1.82, 2.24) is 14.7 Å². The Hall–Kier alpha value is -1.92. The van der Waals surface area contributed by atoms with Gasteiger partial charge >= 0.3 is 0 Å². The van der Waals surface area contributed by atoms with E-state index in [-0.39, 0.29) is 17.5 Å². The largest absolute Gasteiger partial charge is 0.299 e. The van der Waals surface area contributed by atoms with Gasteiger partial charge in [-0.25, -0.2) is 8.42 Å². The van der Waals surface area contributed by atoms with Crippen LogP contribution in [0.4, 0.5) is 0 Å². The fraction of sp³-hybridized carbons (Fsp3) is 0.450. The maximum absolute atomic E-state index is 11.7. The quantitative estimate of drug-likeness (QED) is 0.811. The third-order valence-corrected chi connectivity index (χ3v) is 7.16. The average molecular weight is 372 g/mol. The van der Waals surface area contributed by atoms with E-state index >= 15 is 0 Å². The topological polar surface area (TPSA) is 55.2 Å². The molecule has 6 heteroatoms. The molecule has 138 valence electrons. The zero-order chi connectivity index (χ0) is 18.0. The van der Waals surface area contributed by atoms with Crippen molar-refractivity contribution >= 4 is 15.4 Å². The summed E-state index contributed by atoms with van der Waals surface area (Å²) in [5.41, 5.74) is 3.85. The van der Waals surface area contributed by atoms with Gasteiger partial charge in [-0.15, -0.1) is 0 Å². The Kier molecular flexibility index (Phi) is 4.96. The van der Waals surface area contributed by atoms with Crippen LogP contribution in [-0.2, 0) is 16.3 Å². The Morgan fingerprint density at radius 2 is 2.04 bits per heavy atom. The van der Waals surface area contributed by atoms with Crippen molar-refractivity contribution in [2.24, 2.45) is 0 Å². The maximum atomic E-state index is 11.7. The first-order valence-electron chi connectivity index (χ1n) is 9.29. The molecule has 0 bridgehead atoms. The standard InChI is InChI=1S/C20H25N3O2S/c24-26(25)13-9-20(16-26)23-15-19(14-21-23)18-7-11-22(12-8-18)10-6-17-4-2-1-3-5-17/h1-5,7,14-15,20H,6,8-13,16H2/t20-/m0/s1. The fourth-order valence-corrected chi connectivity index (χ4v) is 5.50. The molecule has 5 nitrogen and oxygen atoms in total. The smallest absolute Gasteiger partial charge is 0.152 e. The highest BCUT2D eigenvalue weighted by atomic mass is 32.2. The molecule has 0 unspecified atom stereocenters.